The van der Waals surface area contributed by atoms with Crippen molar-refractivity contribution in [3.8, 4) is 0 Å². The summed E-state index contributed by atoms with van der Waals surface area (Å²) in [7, 11) is 0. The Labute approximate surface area is 132 Å². The predicted molar refractivity (Wildman–Crippen MR) is 92.4 cm³/mol. The minimum absolute atomic E-state index is 0.469. The standard InChI is InChI=1S/C19H38N2/c1-19(2,3)17-11-8-13-21(14-12-17)18(15-20)16-9-6-4-5-7-10-16/h16-18H,4-15,20H2,1-3H3. The number of hydrogen-bond donors (Lipinski definition) is 1. The van der Waals surface area contributed by atoms with Crippen molar-refractivity contribution in [2.24, 2.45) is 23.0 Å². The molecule has 0 spiro atoms. The Kier molecular flexibility index (Phi) is 6.55. The first kappa shape index (κ1) is 17.3. The maximum Gasteiger partial charge on any atom is 0.0246 e. The summed E-state index contributed by atoms with van der Waals surface area (Å²) >= 11 is 0. The van der Waals surface area contributed by atoms with Crippen LogP contribution >= 0.6 is 0 Å². The van der Waals surface area contributed by atoms with Gasteiger partial charge in [-0.25, -0.2) is 0 Å². The lowest BCUT2D eigenvalue weighted by atomic mass is 9.77. The third-order valence-electron chi connectivity index (χ3n) is 6.14. The smallest absolute Gasteiger partial charge is 0.0246 e. The first-order valence-electron chi connectivity index (χ1n) is 9.46. The molecule has 0 aromatic heterocycles. The molecule has 1 saturated carbocycles. The molecule has 2 nitrogen and oxygen atoms in total. The van der Waals surface area contributed by atoms with Crippen molar-refractivity contribution in [3.63, 3.8) is 0 Å². The van der Waals surface area contributed by atoms with Gasteiger partial charge in [0.15, 0.2) is 0 Å². The van der Waals surface area contributed by atoms with Crippen LogP contribution in [0, 0.1) is 17.3 Å². The maximum atomic E-state index is 6.22. The van der Waals surface area contributed by atoms with E-state index in [1.807, 2.05) is 0 Å². The normalized spacial score (nSPS) is 28.9. The van der Waals surface area contributed by atoms with Gasteiger partial charge in [-0.3, -0.25) is 4.90 Å². The molecule has 2 heteroatoms. The third kappa shape index (κ3) is 4.96. The zero-order valence-corrected chi connectivity index (χ0v) is 14.7. The van der Waals surface area contributed by atoms with E-state index in [9.17, 15) is 0 Å². The molecule has 1 aliphatic heterocycles. The summed E-state index contributed by atoms with van der Waals surface area (Å²) in [6.45, 7) is 10.7. The topological polar surface area (TPSA) is 29.3 Å². The van der Waals surface area contributed by atoms with Crippen molar-refractivity contribution in [1.29, 1.82) is 0 Å². The zero-order chi connectivity index (χ0) is 15.3. The SMILES string of the molecule is CC(C)(C)C1CCCN(C(CN)C2CCCCCC2)CC1. The van der Waals surface area contributed by atoms with Crippen molar-refractivity contribution >= 4 is 0 Å². The molecule has 1 aliphatic carbocycles. The number of hydrogen-bond acceptors (Lipinski definition) is 2. The van der Waals surface area contributed by atoms with E-state index in [1.165, 1.54) is 70.9 Å². The Bertz CT molecular complexity index is 286. The van der Waals surface area contributed by atoms with E-state index < -0.39 is 0 Å². The van der Waals surface area contributed by atoms with E-state index in [4.69, 9.17) is 5.73 Å². The highest BCUT2D eigenvalue weighted by atomic mass is 15.2. The van der Waals surface area contributed by atoms with Crippen LogP contribution < -0.4 is 5.73 Å². The quantitative estimate of drug-likeness (QED) is 0.780. The molecule has 0 aromatic carbocycles. The molecular weight excluding hydrogens is 256 g/mol. The first-order valence-corrected chi connectivity index (χ1v) is 9.46. The van der Waals surface area contributed by atoms with Crippen LogP contribution in [0.1, 0.15) is 78.6 Å². The van der Waals surface area contributed by atoms with Gasteiger partial charge in [0.25, 0.3) is 0 Å². The van der Waals surface area contributed by atoms with Crippen LogP contribution in [-0.2, 0) is 0 Å². The van der Waals surface area contributed by atoms with Crippen molar-refractivity contribution in [3.05, 3.63) is 0 Å². The molecule has 2 rings (SSSR count). The second-order valence-electron chi connectivity index (χ2n) is 8.58. The Morgan fingerprint density at radius 1 is 0.905 bits per heavy atom. The average molecular weight is 295 g/mol. The average Bonchev–Trinajstić information content (AvgIpc) is 2.82. The van der Waals surface area contributed by atoms with E-state index in [0.717, 1.165) is 18.4 Å². The lowest BCUT2D eigenvalue weighted by Gasteiger charge is -2.36. The molecule has 2 aliphatic rings. The van der Waals surface area contributed by atoms with Gasteiger partial charge in [-0.1, -0.05) is 46.5 Å². The molecule has 0 amide bonds. The Hall–Kier alpha value is -0.0800. The molecule has 2 unspecified atom stereocenters. The fraction of sp³-hybridized carbons (Fsp3) is 1.00. The van der Waals surface area contributed by atoms with Crippen molar-refractivity contribution in [1.82, 2.24) is 4.90 Å². The number of likely N-dealkylation sites (tertiary alicyclic amines) is 1. The molecule has 124 valence electrons. The first-order chi connectivity index (χ1) is 10.0. The summed E-state index contributed by atoms with van der Waals surface area (Å²) in [5.74, 6) is 1.75. The number of rotatable bonds is 3. The predicted octanol–water partition coefficient (Wildman–Crippen LogP) is 4.43. The van der Waals surface area contributed by atoms with Gasteiger partial charge < -0.3 is 5.73 Å². The highest BCUT2D eigenvalue weighted by Crippen LogP contribution is 2.36. The number of nitrogens with zero attached hydrogens (tertiary/aromatic N) is 1. The Morgan fingerprint density at radius 3 is 2.14 bits per heavy atom. The molecule has 2 atom stereocenters. The Morgan fingerprint density at radius 2 is 1.57 bits per heavy atom. The van der Waals surface area contributed by atoms with Crippen LogP contribution in [0.25, 0.3) is 0 Å². The molecule has 2 fully saturated rings. The van der Waals surface area contributed by atoms with Gasteiger partial charge in [-0.15, -0.1) is 0 Å². The summed E-state index contributed by atoms with van der Waals surface area (Å²) in [4.78, 5) is 2.77. The van der Waals surface area contributed by atoms with E-state index in [-0.39, 0.29) is 0 Å². The van der Waals surface area contributed by atoms with Crippen LogP contribution in [0.15, 0.2) is 0 Å². The largest absolute Gasteiger partial charge is 0.329 e. The van der Waals surface area contributed by atoms with E-state index >= 15 is 0 Å². The van der Waals surface area contributed by atoms with Crippen LogP contribution in [0.2, 0.25) is 0 Å². The summed E-state index contributed by atoms with van der Waals surface area (Å²) in [5, 5.41) is 0. The number of nitrogens with two attached hydrogens (primary N) is 1. The fourth-order valence-electron chi connectivity index (χ4n) is 4.65. The molecule has 0 radical (unpaired) electrons. The van der Waals surface area contributed by atoms with Gasteiger partial charge in [-0.2, -0.15) is 0 Å². The zero-order valence-electron chi connectivity index (χ0n) is 14.7. The van der Waals surface area contributed by atoms with Gasteiger partial charge in [-0.05, 0) is 62.4 Å². The summed E-state index contributed by atoms with van der Waals surface area (Å²) in [5.41, 5.74) is 6.68. The lowest BCUT2D eigenvalue weighted by molar-refractivity contribution is 0.133. The molecule has 1 heterocycles. The second-order valence-corrected chi connectivity index (χ2v) is 8.58. The van der Waals surface area contributed by atoms with Crippen LogP contribution in [0.4, 0.5) is 0 Å². The van der Waals surface area contributed by atoms with Gasteiger partial charge in [0.1, 0.15) is 0 Å². The maximum absolute atomic E-state index is 6.22. The van der Waals surface area contributed by atoms with Gasteiger partial charge in [0.2, 0.25) is 0 Å². The van der Waals surface area contributed by atoms with Crippen molar-refractivity contribution in [2.75, 3.05) is 19.6 Å². The van der Waals surface area contributed by atoms with Crippen LogP contribution in [-0.4, -0.2) is 30.6 Å². The highest BCUT2D eigenvalue weighted by molar-refractivity contribution is 4.86. The third-order valence-corrected chi connectivity index (χ3v) is 6.14. The molecular formula is C19H38N2. The van der Waals surface area contributed by atoms with Gasteiger partial charge in [0, 0.05) is 12.6 Å². The summed E-state index contributed by atoms with van der Waals surface area (Å²) in [6, 6.07) is 0.654. The molecule has 2 N–H and O–H groups in total. The van der Waals surface area contributed by atoms with E-state index in [2.05, 4.69) is 25.7 Å². The second kappa shape index (κ2) is 7.97. The van der Waals surface area contributed by atoms with Crippen LogP contribution in [0.5, 0.6) is 0 Å². The fourth-order valence-corrected chi connectivity index (χ4v) is 4.65. The molecule has 1 saturated heterocycles. The Balaban J connectivity index is 1.95. The lowest BCUT2D eigenvalue weighted by Crippen LogP contribution is -2.46. The van der Waals surface area contributed by atoms with Crippen molar-refractivity contribution < 1.29 is 0 Å². The summed E-state index contributed by atoms with van der Waals surface area (Å²) in [6.07, 6.45) is 12.7. The van der Waals surface area contributed by atoms with Crippen LogP contribution in [0.3, 0.4) is 0 Å². The highest BCUT2D eigenvalue weighted by Gasteiger charge is 2.31. The van der Waals surface area contributed by atoms with E-state index in [1.54, 1.807) is 0 Å². The minimum Gasteiger partial charge on any atom is -0.329 e. The molecule has 21 heavy (non-hydrogen) atoms. The van der Waals surface area contributed by atoms with E-state index in [0.29, 0.717) is 11.5 Å². The van der Waals surface area contributed by atoms with Crippen molar-refractivity contribution in [2.45, 2.75) is 84.6 Å². The summed E-state index contributed by atoms with van der Waals surface area (Å²) < 4.78 is 0. The van der Waals surface area contributed by atoms with Gasteiger partial charge in [0.05, 0.1) is 0 Å². The molecule has 0 bridgehead atoms. The molecule has 0 aromatic rings. The minimum atomic E-state index is 0.469. The monoisotopic (exact) mass is 294 g/mol. The van der Waals surface area contributed by atoms with Gasteiger partial charge >= 0.3 is 0 Å².